The fraction of sp³-hybridized carbons (Fsp3) is 0.300. The Balaban J connectivity index is 2.97. The summed E-state index contributed by atoms with van der Waals surface area (Å²) < 4.78 is 29.7. The number of amides is 1. The largest absolute Gasteiger partial charge is 0.449 e. The third-order valence-corrected chi connectivity index (χ3v) is 3.66. The van der Waals surface area contributed by atoms with Crippen LogP contribution in [0.15, 0.2) is 23.1 Å². The average molecular weight is 278 g/mol. The molecule has 0 saturated heterocycles. The normalized spacial score (nSPS) is 11.0. The Hall–Kier alpha value is -1.27. The number of benzene rings is 1. The standard InChI is InChI=1S/C10H12ClNO4S/c1-3-16-10(13)12-17(14,15)8-5-4-7(2)9(11)6-8/h4-6H,3H2,1-2H3,(H,12,13). The predicted octanol–water partition coefficient (Wildman–Crippen LogP) is 2.08. The first-order valence-corrected chi connectivity index (χ1v) is 6.68. The fourth-order valence-electron chi connectivity index (χ4n) is 1.07. The lowest BCUT2D eigenvalue weighted by Crippen LogP contribution is -2.31. The van der Waals surface area contributed by atoms with E-state index in [4.69, 9.17) is 11.6 Å². The van der Waals surface area contributed by atoms with Gasteiger partial charge in [0.25, 0.3) is 10.0 Å². The van der Waals surface area contributed by atoms with E-state index in [1.54, 1.807) is 24.6 Å². The molecule has 1 amide bonds. The maximum absolute atomic E-state index is 11.7. The first kappa shape index (κ1) is 13.8. The van der Waals surface area contributed by atoms with Crippen molar-refractivity contribution in [1.82, 2.24) is 4.72 Å². The predicted molar refractivity (Wildman–Crippen MR) is 63.5 cm³/mol. The highest BCUT2D eigenvalue weighted by Gasteiger charge is 2.18. The number of hydrogen-bond acceptors (Lipinski definition) is 4. The van der Waals surface area contributed by atoms with Crippen LogP contribution in [-0.2, 0) is 14.8 Å². The second-order valence-corrected chi connectivity index (χ2v) is 5.33. The number of carbonyl (C=O) groups is 1. The summed E-state index contributed by atoms with van der Waals surface area (Å²) in [4.78, 5) is 11.0. The Labute approximate surface area is 105 Å². The number of aryl methyl sites for hydroxylation is 1. The summed E-state index contributed by atoms with van der Waals surface area (Å²) in [5, 5.41) is 0.316. The van der Waals surface area contributed by atoms with Crippen molar-refractivity contribution in [2.24, 2.45) is 0 Å². The third-order valence-electron chi connectivity index (χ3n) is 1.95. The van der Waals surface area contributed by atoms with Gasteiger partial charge >= 0.3 is 6.09 Å². The van der Waals surface area contributed by atoms with Crippen LogP contribution in [0.1, 0.15) is 12.5 Å². The number of sulfonamides is 1. The van der Waals surface area contributed by atoms with Gasteiger partial charge in [-0.15, -0.1) is 0 Å². The van der Waals surface area contributed by atoms with Crippen LogP contribution in [0.3, 0.4) is 0 Å². The van der Waals surface area contributed by atoms with Crippen molar-refractivity contribution in [2.45, 2.75) is 18.7 Å². The summed E-state index contributed by atoms with van der Waals surface area (Å²) in [5.41, 5.74) is 0.752. The Kier molecular flexibility index (Phi) is 4.36. The Morgan fingerprint density at radius 3 is 2.65 bits per heavy atom. The molecule has 0 saturated carbocycles. The van der Waals surface area contributed by atoms with E-state index in [-0.39, 0.29) is 11.5 Å². The molecule has 0 radical (unpaired) electrons. The van der Waals surface area contributed by atoms with Crippen molar-refractivity contribution >= 4 is 27.7 Å². The van der Waals surface area contributed by atoms with E-state index >= 15 is 0 Å². The van der Waals surface area contributed by atoms with E-state index in [2.05, 4.69) is 4.74 Å². The molecule has 1 rings (SSSR count). The molecular weight excluding hydrogens is 266 g/mol. The lowest BCUT2D eigenvalue weighted by molar-refractivity contribution is 0.158. The molecule has 0 bridgehead atoms. The highest BCUT2D eigenvalue weighted by atomic mass is 35.5. The SMILES string of the molecule is CCOC(=O)NS(=O)(=O)c1ccc(C)c(Cl)c1. The lowest BCUT2D eigenvalue weighted by Gasteiger charge is -2.07. The van der Waals surface area contributed by atoms with Crippen LogP contribution in [0, 0.1) is 6.92 Å². The van der Waals surface area contributed by atoms with Gasteiger partial charge in [0.2, 0.25) is 0 Å². The van der Waals surface area contributed by atoms with E-state index in [9.17, 15) is 13.2 Å². The highest BCUT2D eigenvalue weighted by Crippen LogP contribution is 2.19. The molecule has 0 fully saturated rings. The van der Waals surface area contributed by atoms with Gasteiger partial charge in [-0.2, -0.15) is 0 Å². The summed E-state index contributed by atoms with van der Waals surface area (Å²) in [6, 6.07) is 4.20. The van der Waals surface area contributed by atoms with Gasteiger partial charge < -0.3 is 4.74 Å². The molecule has 5 nitrogen and oxygen atoms in total. The zero-order valence-electron chi connectivity index (χ0n) is 9.36. The molecule has 0 aromatic heterocycles. The van der Waals surface area contributed by atoms with Gasteiger partial charge in [-0.3, -0.25) is 0 Å². The number of carbonyl (C=O) groups excluding carboxylic acids is 1. The van der Waals surface area contributed by atoms with Crippen LogP contribution in [0.5, 0.6) is 0 Å². The topological polar surface area (TPSA) is 72.5 Å². The molecule has 7 heteroatoms. The van der Waals surface area contributed by atoms with Crippen molar-refractivity contribution < 1.29 is 17.9 Å². The minimum Gasteiger partial charge on any atom is -0.449 e. The second kappa shape index (κ2) is 5.37. The van der Waals surface area contributed by atoms with Crippen LogP contribution in [0.4, 0.5) is 4.79 Å². The average Bonchev–Trinajstić information content (AvgIpc) is 2.21. The number of rotatable bonds is 3. The third kappa shape index (κ3) is 3.61. The summed E-state index contributed by atoms with van der Waals surface area (Å²) in [6.45, 7) is 3.42. The molecule has 1 N–H and O–H groups in total. The van der Waals surface area contributed by atoms with E-state index in [1.165, 1.54) is 12.1 Å². The van der Waals surface area contributed by atoms with Gasteiger partial charge in [-0.1, -0.05) is 17.7 Å². The van der Waals surface area contributed by atoms with Crippen molar-refractivity contribution in [2.75, 3.05) is 6.61 Å². The molecule has 94 valence electrons. The molecular formula is C10H12ClNO4S. The van der Waals surface area contributed by atoms with Crippen molar-refractivity contribution in [3.63, 3.8) is 0 Å². The molecule has 0 unspecified atom stereocenters. The molecule has 17 heavy (non-hydrogen) atoms. The van der Waals surface area contributed by atoms with E-state index < -0.39 is 16.1 Å². The number of hydrogen-bond donors (Lipinski definition) is 1. The Morgan fingerprint density at radius 2 is 2.12 bits per heavy atom. The monoisotopic (exact) mass is 277 g/mol. The van der Waals surface area contributed by atoms with Gasteiger partial charge in [0, 0.05) is 5.02 Å². The minimum atomic E-state index is -3.93. The Bertz CT molecular complexity index is 527. The number of ether oxygens (including phenoxy) is 1. The smallest absolute Gasteiger partial charge is 0.421 e. The van der Waals surface area contributed by atoms with Gasteiger partial charge in [-0.25, -0.2) is 17.9 Å². The summed E-state index contributed by atoms with van der Waals surface area (Å²) in [7, 11) is -3.93. The minimum absolute atomic E-state index is 0.0823. The second-order valence-electron chi connectivity index (χ2n) is 3.24. The molecule has 0 aliphatic heterocycles. The molecule has 0 atom stereocenters. The van der Waals surface area contributed by atoms with Crippen molar-refractivity contribution in [1.29, 1.82) is 0 Å². The number of nitrogens with one attached hydrogen (secondary N) is 1. The van der Waals surface area contributed by atoms with E-state index in [1.807, 2.05) is 0 Å². The van der Waals surface area contributed by atoms with Gasteiger partial charge in [0.1, 0.15) is 0 Å². The van der Waals surface area contributed by atoms with Crippen LogP contribution in [0.2, 0.25) is 5.02 Å². The van der Waals surface area contributed by atoms with Crippen LogP contribution in [-0.4, -0.2) is 21.1 Å². The lowest BCUT2D eigenvalue weighted by atomic mass is 10.2. The highest BCUT2D eigenvalue weighted by molar-refractivity contribution is 7.90. The molecule has 0 heterocycles. The summed E-state index contributed by atoms with van der Waals surface area (Å²) in [6.07, 6.45) is -1.01. The molecule has 0 aliphatic rings. The summed E-state index contributed by atoms with van der Waals surface area (Å²) in [5.74, 6) is 0. The van der Waals surface area contributed by atoms with Gasteiger partial charge in [0.05, 0.1) is 11.5 Å². The zero-order chi connectivity index (χ0) is 13.1. The Morgan fingerprint density at radius 1 is 1.47 bits per heavy atom. The maximum Gasteiger partial charge on any atom is 0.421 e. The van der Waals surface area contributed by atoms with E-state index in [0.29, 0.717) is 5.02 Å². The molecule has 1 aromatic carbocycles. The zero-order valence-corrected chi connectivity index (χ0v) is 10.9. The van der Waals surface area contributed by atoms with Gasteiger partial charge in [-0.05, 0) is 31.5 Å². The molecule has 0 aliphatic carbocycles. The summed E-state index contributed by atoms with van der Waals surface area (Å²) >= 11 is 5.81. The molecule has 1 aromatic rings. The van der Waals surface area contributed by atoms with Gasteiger partial charge in [0.15, 0.2) is 0 Å². The van der Waals surface area contributed by atoms with Crippen LogP contribution < -0.4 is 4.72 Å². The fourth-order valence-corrected chi connectivity index (χ4v) is 2.23. The first-order valence-electron chi connectivity index (χ1n) is 4.82. The van der Waals surface area contributed by atoms with E-state index in [0.717, 1.165) is 5.56 Å². The molecule has 0 spiro atoms. The number of halogens is 1. The van der Waals surface area contributed by atoms with Crippen LogP contribution >= 0.6 is 11.6 Å². The van der Waals surface area contributed by atoms with Crippen molar-refractivity contribution in [3.05, 3.63) is 28.8 Å². The van der Waals surface area contributed by atoms with Crippen molar-refractivity contribution in [3.8, 4) is 0 Å². The quantitative estimate of drug-likeness (QED) is 0.918. The first-order chi connectivity index (χ1) is 7.86. The maximum atomic E-state index is 11.7. The van der Waals surface area contributed by atoms with Crippen LogP contribution in [0.25, 0.3) is 0 Å².